The van der Waals surface area contributed by atoms with Gasteiger partial charge in [-0.25, -0.2) is 8.78 Å². The van der Waals surface area contributed by atoms with E-state index in [-0.39, 0.29) is 5.92 Å². The molecule has 0 bridgehead atoms. The maximum Gasteiger partial charge on any atom is 0.231 e. The molecule has 0 amide bonds. The number of nitrogens with zero attached hydrogens (tertiary/aromatic N) is 3. The van der Waals surface area contributed by atoms with Gasteiger partial charge in [0.25, 0.3) is 0 Å². The van der Waals surface area contributed by atoms with Gasteiger partial charge < -0.3 is 9.26 Å². The summed E-state index contributed by atoms with van der Waals surface area (Å²) in [6.07, 6.45) is 0.830. The Kier molecular flexibility index (Phi) is 4.85. The minimum Gasteiger partial charge on any atom is -0.497 e. The van der Waals surface area contributed by atoms with Gasteiger partial charge in [0, 0.05) is 24.2 Å². The van der Waals surface area contributed by atoms with Crippen LogP contribution in [0.2, 0.25) is 0 Å². The lowest BCUT2D eigenvalue weighted by molar-refractivity contribution is 0.303. The zero-order valence-electron chi connectivity index (χ0n) is 14.9. The number of ether oxygens (including phenoxy) is 1. The van der Waals surface area contributed by atoms with E-state index in [1.54, 1.807) is 13.2 Å². The summed E-state index contributed by atoms with van der Waals surface area (Å²) in [7, 11) is 1.61. The second kappa shape index (κ2) is 7.44. The third-order valence-electron chi connectivity index (χ3n) is 4.82. The van der Waals surface area contributed by atoms with Crippen molar-refractivity contribution in [3.05, 3.63) is 65.6 Å². The molecule has 140 valence electrons. The van der Waals surface area contributed by atoms with Crippen LogP contribution in [0.3, 0.4) is 0 Å². The molecule has 0 N–H and O–H groups in total. The summed E-state index contributed by atoms with van der Waals surface area (Å²) >= 11 is 0. The van der Waals surface area contributed by atoms with Gasteiger partial charge in [-0.2, -0.15) is 4.98 Å². The summed E-state index contributed by atoms with van der Waals surface area (Å²) in [6, 6.07) is 11.7. The van der Waals surface area contributed by atoms with Crippen molar-refractivity contribution in [2.75, 3.05) is 20.2 Å². The molecule has 4 rings (SSSR count). The largest absolute Gasteiger partial charge is 0.497 e. The van der Waals surface area contributed by atoms with Gasteiger partial charge >= 0.3 is 0 Å². The van der Waals surface area contributed by atoms with E-state index in [1.165, 1.54) is 6.07 Å². The normalized spacial score (nSPS) is 17.4. The van der Waals surface area contributed by atoms with E-state index in [2.05, 4.69) is 15.0 Å². The molecule has 0 aliphatic carbocycles. The van der Waals surface area contributed by atoms with Crippen molar-refractivity contribution < 1.29 is 18.0 Å². The average Bonchev–Trinajstić information content (AvgIpc) is 3.35. The molecule has 27 heavy (non-hydrogen) atoms. The number of halogens is 2. The molecular formula is C20H19F2N3O2. The first-order chi connectivity index (χ1) is 13.1. The topological polar surface area (TPSA) is 51.4 Å². The molecule has 3 aromatic rings. The third kappa shape index (κ3) is 3.68. The zero-order chi connectivity index (χ0) is 18.8. The molecule has 2 aromatic carbocycles. The first kappa shape index (κ1) is 17.6. The van der Waals surface area contributed by atoms with E-state index in [4.69, 9.17) is 9.26 Å². The van der Waals surface area contributed by atoms with Crippen molar-refractivity contribution >= 4 is 0 Å². The summed E-state index contributed by atoms with van der Waals surface area (Å²) in [4.78, 5) is 6.58. The van der Waals surface area contributed by atoms with Crippen LogP contribution in [0.1, 0.15) is 23.8 Å². The van der Waals surface area contributed by atoms with E-state index in [0.29, 0.717) is 30.4 Å². The van der Waals surface area contributed by atoms with E-state index in [0.717, 1.165) is 30.3 Å². The Morgan fingerprint density at radius 1 is 1.22 bits per heavy atom. The van der Waals surface area contributed by atoms with E-state index < -0.39 is 11.6 Å². The van der Waals surface area contributed by atoms with Crippen LogP contribution >= 0.6 is 0 Å². The van der Waals surface area contributed by atoms with Crippen molar-refractivity contribution in [1.29, 1.82) is 0 Å². The lowest BCUT2D eigenvalue weighted by atomic mass is 10.1. The molecule has 1 atom stereocenters. The first-order valence-electron chi connectivity index (χ1n) is 8.77. The molecule has 7 heteroatoms. The van der Waals surface area contributed by atoms with E-state index in [9.17, 15) is 8.78 Å². The SMILES string of the molecule is COc1cccc(-c2noc([C@@H]3CCN(Cc4cccc(F)c4F)C3)n2)c1. The van der Waals surface area contributed by atoms with Crippen LogP contribution in [0, 0.1) is 11.6 Å². The minimum absolute atomic E-state index is 0.0773. The Balaban J connectivity index is 1.45. The molecule has 1 saturated heterocycles. The van der Waals surface area contributed by atoms with E-state index >= 15 is 0 Å². The molecule has 0 radical (unpaired) electrons. The van der Waals surface area contributed by atoms with Crippen LogP contribution in [0.15, 0.2) is 47.0 Å². The Bertz CT molecular complexity index is 944. The number of hydrogen-bond donors (Lipinski definition) is 0. The van der Waals surface area contributed by atoms with Gasteiger partial charge in [-0.05, 0) is 31.2 Å². The number of benzene rings is 2. The van der Waals surface area contributed by atoms with Gasteiger partial charge in [0.05, 0.1) is 13.0 Å². The Hall–Kier alpha value is -2.80. The first-order valence-corrected chi connectivity index (χ1v) is 8.77. The number of hydrogen-bond acceptors (Lipinski definition) is 5. The fraction of sp³-hybridized carbons (Fsp3) is 0.300. The van der Waals surface area contributed by atoms with Gasteiger partial charge in [-0.15, -0.1) is 0 Å². The molecule has 1 aromatic heterocycles. The van der Waals surface area contributed by atoms with Crippen molar-refractivity contribution in [1.82, 2.24) is 15.0 Å². The van der Waals surface area contributed by atoms with Gasteiger partial charge in [-0.1, -0.05) is 29.4 Å². The number of aromatic nitrogens is 2. The van der Waals surface area contributed by atoms with Crippen LogP contribution in [0.4, 0.5) is 8.78 Å². The van der Waals surface area contributed by atoms with Crippen molar-refractivity contribution in [3.63, 3.8) is 0 Å². The summed E-state index contributed by atoms with van der Waals surface area (Å²) < 4.78 is 37.9. The predicted molar refractivity (Wildman–Crippen MR) is 95.3 cm³/mol. The summed E-state index contributed by atoms with van der Waals surface area (Å²) in [5, 5.41) is 4.07. The van der Waals surface area contributed by atoms with Crippen molar-refractivity contribution in [3.8, 4) is 17.1 Å². The fourth-order valence-corrected chi connectivity index (χ4v) is 3.37. The second-order valence-electron chi connectivity index (χ2n) is 6.62. The van der Waals surface area contributed by atoms with Crippen LogP contribution in [0.25, 0.3) is 11.4 Å². The van der Waals surface area contributed by atoms with Crippen LogP contribution < -0.4 is 4.74 Å². The van der Waals surface area contributed by atoms with Gasteiger partial charge in [0.15, 0.2) is 11.6 Å². The average molecular weight is 371 g/mol. The molecule has 2 heterocycles. The maximum atomic E-state index is 13.9. The van der Waals surface area contributed by atoms with Crippen LogP contribution in [-0.2, 0) is 6.54 Å². The highest BCUT2D eigenvalue weighted by atomic mass is 19.2. The molecule has 0 unspecified atom stereocenters. The van der Waals surface area contributed by atoms with Gasteiger partial charge in [0.2, 0.25) is 11.7 Å². The fourth-order valence-electron chi connectivity index (χ4n) is 3.37. The summed E-state index contributed by atoms with van der Waals surface area (Å²) in [5.74, 6) is 0.284. The maximum absolute atomic E-state index is 13.9. The smallest absolute Gasteiger partial charge is 0.231 e. The quantitative estimate of drug-likeness (QED) is 0.678. The van der Waals surface area contributed by atoms with E-state index in [1.807, 2.05) is 24.3 Å². The highest BCUT2D eigenvalue weighted by Gasteiger charge is 2.29. The lowest BCUT2D eigenvalue weighted by Gasteiger charge is -2.15. The van der Waals surface area contributed by atoms with Gasteiger partial charge in [0.1, 0.15) is 5.75 Å². The van der Waals surface area contributed by atoms with Crippen LogP contribution in [0.5, 0.6) is 5.75 Å². The third-order valence-corrected chi connectivity index (χ3v) is 4.82. The number of methoxy groups -OCH3 is 1. The van der Waals surface area contributed by atoms with Gasteiger partial charge in [-0.3, -0.25) is 4.90 Å². The molecule has 5 nitrogen and oxygen atoms in total. The molecule has 1 aliphatic rings. The van der Waals surface area contributed by atoms with Crippen LogP contribution in [-0.4, -0.2) is 35.2 Å². The zero-order valence-corrected chi connectivity index (χ0v) is 14.9. The summed E-state index contributed by atoms with van der Waals surface area (Å²) in [5.41, 5.74) is 1.18. The molecule has 0 spiro atoms. The highest BCUT2D eigenvalue weighted by molar-refractivity contribution is 5.56. The molecule has 1 aliphatic heterocycles. The summed E-state index contributed by atoms with van der Waals surface area (Å²) in [6.45, 7) is 1.78. The number of likely N-dealkylation sites (tertiary alicyclic amines) is 1. The highest BCUT2D eigenvalue weighted by Crippen LogP contribution is 2.30. The second-order valence-corrected chi connectivity index (χ2v) is 6.62. The Morgan fingerprint density at radius 2 is 2.07 bits per heavy atom. The predicted octanol–water partition coefficient (Wildman–Crippen LogP) is 4.01. The number of rotatable bonds is 5. The van der Waals surface area contributed by atoms with Crippen molar-refractivity contribution in [2.45, 2.75) is 18.9 Å². The monoisotopic (exact) mass is 371 g/mol. The minimum atomic E-state index is -0.817. The van der Waals surface area contributed by atoms with Crippen molar-refractivity contribution in [2.24, 2.45) is 0 Å². The molecular weight excluding hydrogens is 352 g/mol. The standard InChI is InChI=1S/C20H19F2N3O2/c1-26-16-6-2-4-13(10-16)19-23-20(27-24-19)15-8-9-25(12-15)11-14-5-3-7-17(21)18(14)22/h2-7,10,15H,8-9,11-12H2,1H3/t15-/m1/s1. The Labute approximate surface area is 155 Å². The molecule has 0 saturated carbocycles. The lowest BCUT2D eigenvalue weighted by Crippen LogP contribution is -2.20. The Morgan fingerprint density at radius 3 is 2.93 bits per heavy atom. The molecule has 1 fully saturated rings.